The second-order valence-electron chi connectivity index (χ2n) is 9.12. The Bertz CT molecular complexity index is 1550. The molecular weight excluding hydrogens is 516 g/mol. The molecule has 12 heteroatoms. The van der Waals surface area contributed by atoms with Gasteiger partial charge in [0.2, 0.25) is 10.0 Å². The SMILES string of the molecule is CC(C)S(=O)(=O)N1CCN(c2cnn(CC(=O)c3ccc(C#N)cc3)c(=O)c2-c2cc(F)cc(F)c2)CC1. The number of piperazine rings is 1. The Morgan fingerprint density at radius 3 is 2.21 bits per heavy atom. The molecule has 1 saturated heterocycles. The summed E-state index contributed by atoms with van der Waals surface area (Å²) in [5.41, 5.74) is 0.115. The molecule has 198 valence electrons. The van der Waals surface area contributed by atoms with Crippen LogP contribution in [0.3, 0.4) is 0 Å². The topological polar surface area (TPSA) is 116 Å². The average molecular weight is 542 g/mol. The Labute approximate surface area is 218 Å². The van der Waals surface area contributed by atoms with Crippen molar-refractivity contribution >= 4 is 21.5 Å². The third kappa shape index (κ3) is 5.49. The molecule has 2 aromatic carbocycles. The monoisotopic (exact) mass is 541 g/mol. The molecule has 9 nitrogen and oxygen atoms in total. The van der Waals surface area contributed by atoms with E-state index < -0.39 is 44.8 Å². The fraction of sp³-hybridized carbons (Fsp3) is 0.308. The summed E-state index contributed by atoms with van der Waals surface area (Å²) in [5, 5.41) is 12.5. The first-order chi connectivity index (χ1) is 18.0. The fourth-order valence-electron chi connectivity index (χ4n) is 4.24. The lowest BCUT2D eigenvalue weighted by Gasteiger charge is -2.36. The number of sulfonamides is 1. The van der Waals surface area contributed by atoms with E-state index >= 15 is 0 Å². The molecule has 0 unspecified atom stereocenters. The van der Waals surface area contributed by atoms with Crippen molar-refractivity contribution in [1.29, 1.82) is 5.26 Å². The normalized spacial score (nSPS) is 14.5. The van der Waals surface area contributed by atoms with E-state index in [1.54, 1.807) is 18.7 Å². The Hall–Kier alpha value is -3.95. The van der Waals surface area contributed by atoms with Gasteiger partial charge in [-0.15, -0.1) is 0 Å². The molecule has 0 saturated carbocycles. The molecule has 0 amide bonds. The zero-order valence-electron chi connectivity index (χ0n) is 20.8. The maximum absolute atomic E-state index is 14.1. The van der Waals surface area contributed by atoms with Gasteiger partial charge in [0.1, 0.15) is 18.2 Å². The lowest BCUT2D eigenvalue weighted by Crippen LogP contribution is -2.51. The predicted octanol–water partition coefficient (Wildman–Crippen LogP) is 2.80. The molecule has 0 atom stereocenters. The Morgan fingerprint density at radius 2 is 1.66 bits per heavy atom. The van der Waals surface area contributed by atoms with Gasteiger partial charge in [0.25, 0.3) is 5.56 Å². The maximum atomic E-state index is 14.1. The van der Waals surface area contributed by atoms with Gasteiger partial charge in [-0.2, -0.15) is 14.7 Å². The van der Waals surface area contributed by atoms with Gasteiger partial charge in [-0.1, -0.05) is 12.1 Å². The third-order valence-corrected chi connectivity index (χ3v) is 8.62. The van der Waals surface area contributed by atoms with Crippen LogP contribution in [0.2, 0.25) is 0 Å². The van der Waals surface area contributed by atoms with Gasteiger partial charge in [0.05, 0.1) is 34.3 Å². The number of benzene rings is 2. The van der Waals surface area contributed by atoms with E-state index in [4.69, 9.17) is 5.26 Å². The van der Waals surface area contributed by atoms with Crippen molar-refractivity contribution in [2.45, 2.75) is 25.6 Å². The minimum Gasteiger partial charge on any atom is -0.367 e. The van der Waals surface area contributed by atoms with E-state index in [1.807, 2.05) is 6.07 Å². The van der Waals surface area contributed by atoms with Crippen molar-refractivity contribution in [3.63, 3.8) is 0 Å². The number of nitriles is 1. The Balaban J connectivity index is 1.71. The molecule has 0 aliphatic carbocycles. The summed E-state index contributed by atoms with van der Waals surface area (Å²) >= 11 is 0. The largest absolute Gasteiger partial charge is 0.367 e. The molecule has 0 spiro atoms. The number of carbonyl (C=O) groups is 1. The van der Waals surface area contributed by atoms with Crippen LogP contribution in [-0.2, 0) is 16.6 Å². The van der Waals surface area contributed by atoms with Crippen LogP contribution in [0.1, 0.15) is 29.8 Å². The van der Waals surface area contributed by atoms with E-state index in [-0.39, 0.29) is 48.6 Å². The number of Topliss-reactive ketones (excluding diaryl/α,β-unsaturated/α-hetero) is 1. The zero-order valence-corrected chi connectivity index (χ0v) is 21.6. The molecule has 1 aliphatic rings. The van der Waals surface area contributed by atoms with Crippen LogP contribution in [0.4, 0.5) is 14.5 Å². The highest BCUT2D eigenvalue weighted by Crippen LogP contribution is 2.29. The number of nitrogens with zero attached hydrogens (tertiary/aromatic N) is 5. The highest BCUT2D eigenvalue weighted by molar-refractivity contribution is 7.89. The molecule has 3 aromatic rings. The van der Waals surface area contributed by atoms with Crippen LogP contribution in [0.5, 0.6) is 0 Å². The molecule has 4 rings (SSSR count). The van der Waals surface area contributed by atoms with Crippen LogP contribution in [0, 0.1) is 23.0 Å². The summed E-state index contributed by atoms with van der Waals surface area (Å²) in [7, 11) is -3.47. The lowest BCUT2D eigenvalue weighted by atomic mass is 10.0. The number of rotatable bonds is 7. The van der Waals surface area contributed by atoms with Gasteiger partial charge in [0.15, 0.2) is 5.78 Å². The summed E-state index contributed by atoms with van der Waals surface area (Å²) < 4.78 is 55.7. The Morgan fingerprint density at radius 1 is 1.05 bits per heavy atom. The predicted molar refractivity (Wildman–Crippen MR) is 137 cm³/mol. The number of carbonyl (C=O) groups excluding carboxylic acids is 1. The molecule has 1 aliphatic heterocycles. The summed E-state index contributed by atoms with van der Waals surface area (Å²) in [4.78, 5) is 28.1. The van der Waals surface area contributed by atoms with Crippen LogP contribution >= 0.6 is 0 Å². The molecule has 0 bridgehead atoms. The second kappa shape index (κ2) is 10.8. The van der Waals surface area contributed by atoms with Gasteiger partial charge in [-0.05, 0) is 43.7 Å². The van der Waals surface area contributed by atoms with Crippen molar-refractivity contribution in [2.75, 3.05) is 31.1 Å². The van der Waals surface area contributed by atoms with Gasteiger partial charge >= 0.3 is 0 Å². The maximum Gasteiger partial charge on any atom is 0.277 e. The van der Waals surface area contributed by atoms with Crippen molar-refractivity contribution in [3.05, 3.63) is 81.8 Å². The summed E-state index contributed by atoms with van der Waals surface area (Å²) in [6.07, 6.45) is 1.35. The molecule has 38 heavy (non-hydrogen) atoms. The quantitative estimate of drug-likeness (QED) is 0.422. The average Bonchev–Trinajstić information content (AvgIpc) is 2.89. The van der Waals surface area contributed by atoms with E-state index in [0.717, 1.165) is 16.8 Å². The summed E-state index contributed by atoms with van der Waals surface area (Å²) in [5.74, 6) is -2.20. The first-order valence-corrected chi connectivity index (χ1v) is 13.4. The van der Waals surface area contributed by atoms with Gasteiger partial charge < -0.3 is 4.90 Å². The number of ketones is 1. The minimum atomic E-state index is -3.47. The van der Waals surface area contributed by atoms with Crippen LogP contribution in [0.25, 0.3) is 11.1 Å². The van der Waals surface area contributed by atoms with Crippen molar-refractivity contribution in [3.8, 4) is 17.2 Å². The molecule has 0 radical (unpaired) electrons. The highest BCUT2D eigenvalue weighted by Gasteiger charge is 2.31. The first-order valence-electron chi connectivity index (χ1n) is 11.8. The highest BCUT2D eigenvalue weighted by atomic mass is 32.2. The zero-order chi connectivity index (χ0) is 27.6. The van der Waals surface area contributed by atoms with E-state index in [1.165, 1.54) is 34.8 Å². The number of hydrogen-bond acceptors (Lipinski definition) is 7. The third-order valence-electron chi connectivity index (χ3n) is 6.34. The molecular formula is C26H25F2N5O4S. The second-order valence-corrected chi connectivity index (χ2v) is 11.6. The summed E-state index contributed by atoms with van der Waals surface area (Å²) in [6.45, 7) is 3.55. The summed E-state index contributed by atoms with van der Waals surface area (Å²) in [6, 6.07) is 10.6. The van der Waals surface area contributed by atoms with Crippen LogP contribution in [0.15, 0.2) is 53.5 Å². The molecule has 2 heterocycles. The number of hydrogen-bond donors (Lipinski definition) is 0. The van der Waals surface area contributed by atoms with Crippen molar-refractivity contribution in [2.24, 2.45) is 0 Å². The smallest absolute Gasteiger partial charge is 0.277 e. The number of halogens is 2. The number of aromatic nitrogens is 2. The van der Waals surface area contributed by atoms with Crippen molar-refractivity contribution < 1.29 is 22.0 Å². The lowest BCUT2D eigenvalue weighted by molar-refractivity contribution is 0.0965. The standard InChI is InChI=1S/C26H25F2N5O4S/c1-17(2)38(36,37)32-9-7-31(8-10-32)23-15-30-33(16-24(34)19-5-3-18(14-29)4-6-19)26(35)25(23)20-11-21(27)13-22(28)12-20/h3-6,11-13,15,17H,7-10,16H2,1-2H3. The van der Waals surface area contributed by atoms with Gasteiger partial charge in [-0.3, -0.25) is 9.59 Å². The van der Waals surface area contributed by atoms with Crippen LogP contribution in [-0.4, -0.2) is 59.7 Å². The van der Waals surface area contributed by atoms with Crippen LogP contribution < -0.4 is 10.5 Å². The molecule has 0 N–H and O–H groups in total. The van der Waals surface area contributed by atoms with E-state index in [2.05, 4.69) is 5.10 Å². The van der Waals surface area contributed by atoms with Gasteiger partial charge in [0, 0.05) is 37.8 Å². The van der Waals surface area contributed by atoms with E-state index in [0.29, 0.717) is 11.6 Å². The van der Waals surface area contributed by atoms with Gasteiger partial charge in [-0.25, -0.2) is 21.9 Å². The van der Waals surface area contributed by atoms with E-state index in [9.17, 15) is 26.8 Å². The fourth-order valence-corrected chi connectivity index (χ4v) is 5.51. The minimum absolute atomic E-state index is 0.0262. The molecule has 1 aromatic heterocycles. The molecule has 1 fully saturated rings. The number of anilines is 1. The Kier molecular flexibility index (Phi) is 7.71. The first kappa shape index (κ1) is 27.1. The van der Waals surface area contributed by atoms with Crippen molar-refractivity contribution in [1.82, 2.24) is 14.1 Å².